The Hall–Kier alpha value is -0.240. The van der Waals surface area contributed by atoms with E-state index in [-0.39, 0.29) is 11.8 Å². The molecule has 2 aliphatic rings. The van der Waals surface area contributed by atoms with Gasteiger partial charge in [-0.15, -0.1) is 0 Å². The van der Waals surface area contributed by atoms with Crippen molar-refractivity contribution in [3.63, 3.8) is 0 Å². The lowest BCUT2D eigenvalue weighted by Crippen LogP contribution is -2.27. The summed E-state index contributed by atoms with van der Waals surface area (Å²) in [5, 5.41) is 0. The molecule has 2 saturated carbocycles. The molecule has 2 unspecified atom stereocenters. The molecule has 2 aliphatic carbocycles. The highest BCUT2D eigenvalue weighted by Gasteiger charge is 2.42. The molecule has 0 amide bonds. The molecular formula is C15H24OS. The van der Waals surface area contributed by atoms with Crippen LogP contribution in [-0.4, -0.2) is 10.6 Å². The largest absolute Gasteiger partial charge is 0.299 e. The second-order valence-electron chi connectivity index (χ2n) is 6.28. The third kappa shape index (κ3) is 2.96. The summed E-state index contributed by atoms with van der Waals surface area (Å²) < 4.78 is 0. The molecule has 0 radical (unpaired) electrons. The van der Waals surface area contributed by atoms with Crippen molar-refractivity contribution in [2.24, 2.45) is 23.7 Å². The average molecular weight is 252 g/mol. The minimum Gasteiger partial charge on any atom is -0.299 e. The SMILES string of the molecule is CC(C)CC1CC(=S)C(C2CCCCC2)C1=O. The molecule has 0 saturated heterocycles. The zero-order chi connectivity index (χ0) is 12.4. The van der Waals surface area contributed by atoms with Crippen LogP contribution in [0.2, 0.25) is 0 Å². The summed E-state index contributed by atoms with van der Waals surface area (Å²) >= 11 is 5.51. The Morgan fingerprint density at radius 3 is 2.47 bits per heavy atom. The lowest BCUT2D eigenvalue weighted by atomic mass is 9.78. The lowest BCUT2D eigenvalue weighted by molar-refractivity contribution is -0.125. The Morgan fingerprint density at radius 2 is 1.88 bits per heavy atom. The van der Waals surface area contributed by atoms with Gasteiger partial charge in [-0.25, -0.2) is 0 Å². The van der Waals surface area contributed by atoms with Gasteiger partial charge in [0, 0.05) is 10.8 Å². The molecule has 17 heavy (non-hydrogen) atoms. The van der Waals surface area contributed by atoms with Crippen molar-refractivity contribution in [3.05, 3.63) is 0 Å². The number of thiocarbonyl (C=S) groups is 1. The first-order chi connectivity index (χ1) is 8.09. The molecule has 0 spiro atoms. The summed E-state index contributed by atoms with van der Waals surface area (Å²) in [5.41, 5.74) is 0. The maximum atomic E-state index is 12.5. The summed E-state index contributed by atoms with van der Waals surface area (Å²) in [6, 6.07) is 0. The molecule has 0 aromatic rings. The normalized spacial score (nSPS) is 31.5. The molecule has 2 heteroatoms. The Kier molecular flexibility index (Phi) is 4.35. The van der Waals surface area contributed by atoms with E-state index in [4.69, 9.17) is 12.2 Å². The maximum absolute atomic E-state index is 12.5. The Morgan fingerprint density at radius 1 is 1.24 bits per heavy atom. The summed E-state index contributed by atoms with van der Waals surface area (Å²) in [4.78, 5) is 13.5. The van der Waals surface area contributed by atoms with Crippen molar-refractivity contribution in [3.8, 4) is 0 Å². The molecule has 0 bridgehead atoms. The molecule has 0 aromatic carbocycles. The van der Waals surface area contributed by atoms with Gasteiger partial charge >= 0.3 is 0 Å². The van der Waals surface area contributed by atoms with Gasteiger partial charge in [-0.2, -0.15) is 0 Å². The van der Waals surface area contributed by atoms with Crippen molar-refractivity contribution >= 4 is 22.9 Å². The first kappa shape index (κ1) is 13.2. The molecule has 0 aliphatic heterocycles. The van der Waals surface area contributed by atoms with Crippen LogP contribution in [0.1, 0.15) is 58.8 Å². The van der Waals surface area contributed by atoms with Crippen LogP contribution in [0, 0.1) is 23.7 Å². The minimum atomic E-state index is 0.147. The van der Waals surface area contributed by atoms with E-state index in [2.05, 4.69) is 13.8 Å². The first-order valence-corrected chi connectivity index (χ1v) is 7.57. The van der Waals surface area contributed by atoms with Gasteiger partial charge < -0.3 is 0 Å². The van der Waals surface area contributed by atoms with E-state index in [0.29, 0.717) is 17.6 Å². The van der Waals surface area contributed by atoms with Gasteiger partial charge in [0.15, 0.2) is 0 Å². The fourth-order valence-electron chi connectivity index (χ4n) is 3.61. The number of carbonyl (C=O) groups excluding carboxylic acids is 1. The molecule has 0 heterocycles. The highest BCUT2D eigenvalue weighted by atomic mass is 32.1. The molecule has 2 atom stereocenters. The standard InChI is InChI=1S/C15H24OS/c1-10(2)8-12-9-13(17)14(15(12)16)11-6-4-3-5-7-11/h10-12,14H,3-9H2,1-2H3. The van der Waals surface area contributed by atoms with Gasteiger partial charge in [0.1, 0.15) is 5.78 Å². The smallest absolute Gasteiger partial charge is 0.144 e. The van der Waals surface area contributed by atoms with E-state index in [0.717, 1.165) is 17.7 Å². The molecule has 0 N–H and O–H groups in total. The number of Topliss-reactive ketones (excluding diaryl/α,β-unsaturated/α-hetero) is 1. The predicted octanol–water partition coefficient (Wildman–Crippen LogP) is 4.19. The highest BCUT2D eigenvalue weighted by Crippen LogP contribution is 2.40. The summed E-state index contributed by atoms with van der Waals surface area (Å²) in [6.07, 6.45) is 8.32. The van der Waals surface area contributed by atoms with Crippen molar-refractivity contribution in [1.82, 2.24) is 0 Å². The van der Waals surface area contributed by atoms with E-state index in [1.165, 1.54) is 32.1 Å². The minimum absolute atomic E-state index is 0.147. The molecule has 96 valence electrons. The van der Waals surface area contributed by atoms with E-state index in [1.807, 2.05) is 0 Å². The summed E-state index contributed by atoms with van der Waals surface area (Å²) in [5.74, 6) is 2.07. The van der Waals surface area contributed by atoms with Crippen LogP contribution in [0.15, 0.2) is 0 Å². The zero-order valence-electron chi connectivity index (χ0n) is 11.1. The Balaban J connectivity index is 2.02. The number of ketones is 1. The number of hydrogen-bond donors (Lipinski definition) is 0. The summed E-state index contributed by atoms with van der Waals surface area (Å²) in [6.45, 7) is 4.40. The van der Waals surface area contributed by atoms with Gasteiger partial charge in [0.25, 0.3) is 0 Å². The fourth-order valence-corrected chi connectivity index (χ4v) is 4.12. The van der Waals surface area contributed by atoms with Gasteiger partial charge in [-0.3, -0.25) is 4.79 Å². The Labute approximate surface area is 110 Å². The van der Waals surface area contributed by atoms with Gasteiger partial charge in [0.05, 0.1) is 5.92 Å². The molecule has 2 fully saturated rings. The second-order valence-corrected chi connectivity index (χ2v) is 6.80. The van der Waals surface area contributed by atoms with Crippen molar-refractivity contribution < 1.29 is 4.79 Å². The van der Waals surface area contributed by atoms with Crippen LogP contribution in [0.3, 0.4) is 0 Å². The molecule has 1 nitrogen and oxygen atoms in total. The van der Waals surface area contributed by atoms with Crippen LogP contribution < -0.4 is 0 Å². The van der Waals surface area contributed by atoms with Gasteiger partial charge in [0.2, 0.25) is 0 Å². The van der Waals surface area contributed by atoms with Gasteiger partial charge in [-0.05, 0) is 37.5 Å². The monoisotopic (exact) mass is 252 g/mol. The number of rotatable bonds is 3. The zero-order valence-corrected chi connectivity index (χ0v) is 11.9. The van der Waals surface area contributed by atoms with E-state index in [9.17, 15) is 4.79 Å². The molecule has 2 rings (SSSR count). The quantitative estimate of drug-likeness (QED) is 0.701. The first-order valence-electron chi connectivity index (χ1n) is 7.16. The average Bonchev–Trinajstić information content (AvgIpc) is 2.54. The van der Waals surface area contributed by atoms with Crippen LogP contribution >= 0.6 is 12.2 Å². The fraction of sp³-hybridized carbons (Fsp3) is 0.867. The number of carbonyl (C=O) groups is 1. The maximum Gasteiger partial charge on any atom is 0.144 e. The summed E-state index contributed by atoms with van der Waals surface area (Å²) in [7, 11) is 0. The third-order valence-corrected chi connectivity index (χ3v) is 4.80. The van der Waals surface area contributed by atoms with Gasteiger partial charge in [-0.1, -0.05) is 45.3 Å². The molecular weight excluding hydrogens is 228 g/mol. The van der Waals surface area contributed by atoms with Crippen LogP contribution in [-0.2, 0) is 4.79 Å². The van der Waals surface area contributed by atoms with Crippen LogP contribution in [0.5, 0.6) is 0 Å². The topological polar surface area (TPSA) is 17.1 Å². The van der Waals surface area contributed by atoms with Crippen LogP contribution in [0.25, 0.3) is 0 Å². The number of hydrogen-bond acceptors (Lipinski definition) is 2. The lowest BCUT2D eigenvalue weighted by Gasteiger charge is -2.26. The van der Waals surface area contributed by atoms with E-state index >= 15 is 0 Å². The van der Waals surface area contributed by atoms with E-state index in [1.54, 1.807) is 0 Å². The van der Waals surface area contributed by atoms with E-state index < -0.39 is 0 Å². The third-order valence-electron chi connectivity index (χ3n) is 4.38. The van der Waals surface area contributed by atoms with Crippen molar-refractivity contribution in [2.75, 3.05) is 0 Å². The van der Waals surface area contributed by atoms with Crippen molar-refractivity contribution in [1.29, 1.82) is 0 Å². The van der Waals surface area contributed by atoms with Crippen molar-refractivity contribution in [2.45, 2.75) is 58.8 Å². The second kappa shape index (κ2) is 5.60. The van der Waals surface area contributed by atoms with Crippen LogP contribution in [0.4, 0.5) is 0 Å². The molecule has 0 aromatic heterocycles. The predicted molar refractivity (Wildman–Crippen MR) is 75.2 cm³/mol. The Bertz CT molecular complexity index is 302. The highest BCUT2D eigenvalue weighted by molar-refractivity contribution is 7.80.